The predicted molar refractivity (Wildman–Crippen MR) is 180 cm³/mol. The van der Waals surface area contributed by atoms with Gasteiger partial charge in [0.05, 0.1) is 22.6 Å². The minimum Gasteiger partial charge on any atom is -0.495 e. The van der Waals surface area contributed by atoms with Gasteiger partial charge in [0.25, 0.3) is 15.7 Å². The summed E-state index contributed by atoms with van der Waals surface area (Å²) in [6, 6.07) is 22.5. The van der Waals surface area contributed by atoms with E-state index < -0.39 is 49.9 Å². The molecule has 0 bridgehead atoms. The average Bonchev–Trinajstić information content (AvgIpc) is 3.05. The fraction of sp³-hybridized carbons (Fsp3) is 0.212. The van der Waals surface area contributed by atoms with Crippen molar-refractivity contribution in [1.82, 2.24) is 10.2 Å². The van der Waals surface area contributed by atoms with Gasteiger partial charge in [0.1, 0.15) is 18.3 Å². The highest BCUT2D eigenvalue weighted by atomic mass is 35.5. The van der Waals surface area contributed by atoms with E-state index in [9.17, 15) is 28.1 Å². The molecule has 0 saturated heterocycles. The molecule has 2 amide bonds. The zero-order valence-electron chi connectivity index (χ0n) is 25.7. The molecule has 47 heavy (non-hydrogen) atoms. The van der Waals surface area contributed by atoms with Gasteiger partial charge < -0.3 is 15.0 Å². The number of sulfonamides is 1. The third-order valence-corrected chi connectivity index (χ3v) is 9.83. The second kappa shape index (κ2) is 15.3. The molecule has 0 spiro atoms. The second-order valence-electron chi connectivity index (χ2n) is 10.5. The number of rotatable bonds is 13. The van der Waals surface area contributed by atoms with Crippen LogP contribution in [0.4, 0.5) is 11.4 Å². The Morgan fingerprint density at radius 1 is 0.979 bits per heavy atom. The number of nitro benzene ring substituents is 1. The number of carbonyl (C=O) groups excluding carboxylic acids is 2. The molecule has 0 fully saturated rings. The number of likely N-dealkylation sites (N-methyl/N-ethyl adjacent to an activating group) is 1. The third kappa shape index (κ3) is 8.20. The first kappa shape index (κ1) is 35.2. The van der Waals surface area contributed by atoms with E-state index in [1.807, 2.05) is 18.2 Å². The van der Waals surface area contributed by atoms with Crippen molar-refractivity contribution in [2.75, 3.05) is 25.0 Å². The number of carbonyl (C=O) groups is 2. The third-order valence-electron chi connectivity index (χ3n) is 7.47. The first-order valence-corrected chi connectivity index (χ1v) is 16.5. The van der Waals surface area contributed by atoms with Crippen molar-refractivity contribution < 1.29 is 27.7 Å². The predicted octanol–water partition coefficient (Wildman–Crippen LogP) is 5.80. The molecule has 0 saturated carbocycles. The zero-order chi connectivity index (χ0) is 34.3. The van der Waals surface area contributed by atoms with E-state index in [-0.39, 0.29) is 35.0 Å². The molecule has 1 N–H and O–H groups in total. The number of nitrogens with zero attached hydrogens (tertiary/aromatic N) is 3. The van der Waals surface area contributed by atoms with Gasteiger partial charge in [-0.3, -0.25) is 24.0 Å². The summed E-state index contributed by atoms with van der Waals surface area (Å²) < 4.78 is 34.9. The van der Waals surface area contributed by atoms with Crippen LogP contribution in [0.2, 0.25) is 10.0 Å². The molecular formula is C33H32Cl2N4O7S. The van der Waals surface area contributed by atoms with Crippen molar-refractivity contribution in [3.05, 3.63) is 128 Å². The van der Waals surface area contributed by atoms with Crippen LogP contribution in [0.1, 0.15) is 16.7 Å². The van der Waals surface area contributed by atoms with Crippen LogP contribution >= 0.6 is 23.2 Å². The second-order valence-corrected chi connectivity index (χ2v) is 13.2. The lowest BCUT2D eigenvalue weighted by Crippen LogP contribution is -2.53. The molecule has 0 radical (unpaired) electrons. The lowest BCUT2D eigenvalue weighted by Gasteiger charge is -2.34. The Morgan fingerprint density at radius 2 is 1.66 bits per heavy atom. The first-order valence-electron chi connectivity index (χ1n) is 14.3. The molecular weight excluding hydrogens is 667 g/mol. The van der Waals surface area contributed by atoms with Crippen LogP contribution in [0, 0.1) is 17.0 Å². The maximum absolute atomic E-state index is 14.5. The van der Waals surface area contributed by atoms with Crippen LogP contribution < -0.4 is 14.4 Å². The van der Waals surface area contributed by atoms with Gasteiger partial charge in [0.15, 0.2) is 0 Å². The molecule has 0 aromatic heterocycles. The fourth-order valence-electron chi connectivity index (χ4n) is 4.98. The topological polar surface area (TPSA) is 139 Å². The molecule has 11 nitrogen and oxygen atoms in total. The number of amides is 2. The quantitative estimate of drug-likeness (QED) is 0.138. The van der Waals surface area contributed by atoms with E-state index in [2.05, 4.69) is 5.32 Å². The molecule has 0 aliphatic heterocycles. The van der Waals surface area contributed by atoms with Crippen LogP contribution in [0.15, 0.2) is 95.9 Å². The van der Waals surface area contributed by atoms with Crippen LogP contribution in [0.5, 0.6) is 5.75 Å². The summed E-state index contributed by atoms with van der Waals surface area (Å²) in [5.41, 5.74) is 1.02. The van der Waals surface area contributed by atoms with Crippen molar-refractivity contribution >= 4 is 56.4 Å². The number of methoxy groups -OCH3 is 1. The zero-order valence-corrected chi connectivity index (χ0v) is 28.1. The molecule has 4 aromatic rings. The lowest BCUT2D eigenvalue weighted by atomic mass is 10.0. The van der Waals surface area contributed by atoms with Crippen molar-refractivity contribution in [2.45, 2.75) is 30.8 Å². The van der Waals surface area contributed by atoms with E-state index in [1.165, 1.54) is 56.3 Å². The molecule has 0 heterocycles. The molecule has 0 unspecified atom stereocenters. The van der Waals surface area contributed by atoms with E-state index >= 15 is 0 Å². The minimum absolute atomic E-state index is 0.0668. The molecule has 246 valence electrons. The maximum atomic E-state index is 14.5. The number of hydrogen-bond acceptors (Lipinski definition) is 7. The highest BCUT2D eigenvalue weighted by Gasteiger charge is 2.36. The van der Waals surface area contributed by atoms with Crippen molar-refractivity contribution in [1.29, 1.82) is 0 Å². The fourth-order valence-corrected chi connectivity index (χ4v) is 6.77. The highest BCUT2D eigenvalue weighted by molar-refractivity contribution is 7.92. The lowest BCUT2D eigenvalue weighted by molar-refractivity contribution is -0.385. The highest BCUT2D eigenvalue weighted by Crippen LogP contribution is 2.36. The number of nitro groups is 1. The van der Waals surface area contributed by atoms with Gasteiger partial charge in [-0.2, -0.15) is 0 Å². The standard InChI is InChI=1S/C33H32Cl2N4O7S/c1-22-13-15-26(19-28(22)39(42)43)47(44,45)38(29-18-25(34)14-16-31(29)46-3)21-32(40)37(20-24-11-7-8-12-27(24)35)30(33(41)36-2)17-23-9-5-4-6-10-23/h4-16,18-19,30H,17,20-21H2,1-3H3,(H,36,41)/t30-/m0/s1. The van der Waals surface area contributed by atoms with Gasteiger partial charge in [0, 0.05) is 41.7 Å². The Bertz CT molecular complexity index is 1890. The summed E-state index contributed by atoms with van der Waals surface area (Å²) in [5.74, 6) is -1.18. The van der Waals surface area contributed by atoms with Gasteiger partial charge in [-0.1, -0.05) is 77.8 Å². The van der Waals surface area contributed by atoms with Crippen LogP contribution in [0.3, 0.4) is 0 Å². The molecule has 14 heteroatoms. The van der Waals surface area contributed by atoms with Gasteiger partial charge >= 0.3 is 0 Å². The van der Waals surface area contributed by atoms with Crippen LogP contribution in [-0.4, -0.2) is 56.8 Å². The van der Waals surface area contributed by atoms with E-state index in [1.54, 1.807) is 36.4 Å². The smallest absolute Gasteiger partial charge is 0.273 e. The van der Waals surface area contributed by atoms with E-state index in [0.717, 1.165) is 15.9 Å². The summed E-state index contributed by atoms with van der Waals surface area (Å²) in [7, 11) is -1.92. The molecule has 0 aliphatic rings. The molecule has 4 aromatic carbocycles. The largest absolute Gasteiger partial charge is 0.495 e. The van der Waals surface area contributed by atoms with Crippen LogP contribution in [0.25, 0.3) is 0 Å². The summed E-state index contributed by atoms with van der Waals surface area (Å²) in [5, 5.41) is 14.8. The van der Waals surface area contributed by atoms with E-state index in [4.69, 9.17) is 27.9 Å². The summed E-state index contributed by atoms with van der Waals surface area (Å²) in [6.07, 6.45) is 0.105. The van der Waals surface area contributed by atoms with Gasteiger partial charge in [0.2, 0.25) is 11.8 Å². The average molecular weight is 700 g/mol. The number of nitrogens with one attached hydrogen (secondary N) is 1. The van der Waals surface area contributed by atoms with Gasteiger partial charge in [-0.15, -0.1) is 0 Å². The summed E-state index contributed by atoms with van der Waals surface area (Å²) in [6.45, 7) is 0.515. The van der Waals surface area contributed by atoms with Crippen molar-refractivity contribution in [3.8, 4) is 5.75 Å². The Hall–Kier alpha value is -4.65. The minimum atomic E-state index is -4.68. The molecule has 1 atom stereocenters. The number of ether oxygens (including phenoxy) is 1. The SMILES string of the molecule is CNC(=O)[C@H](Cc1ccccc1)N(Cc1ccccc1Cl)C(=O)CN(c1cc(Cl)ccc1OC)S(=O)(=O)c1ccc(C)c([N+](=O)[O-])c1. The van der Waals surface area contributed by atoms with Crippen molar-refractivity contribution in [3.63, 3.8) is 0 Å². The van der Waals surface area contributed by atoms with E-state index in [0.29, 0.717) is 10.6 Å². The Labute approximate surface area is 282 Å². The monoisotopic (exact) mass is 698 g/mol. The Kier molecular flexibility index (Phi) is 11.5. The first-order chi connectivity index (χ1) is 22.4. The Morgan fingerprint density at radius 3 is 2.30 bits per heavy atom. The summed E-state index contributed by atoms with van der Waals surface area (Å²) in [4.78, 5) is 39.8. The van der Waals surface area contributed by atoms with Crippen molar-refractivity contribution in [2.24, 2.45) is 0 Å². The maximum Gasteiger partial charge on any atom is 0.273 e. The van der Waals surface area contributed by atoms with Gasteiger partial charge in [-0.05, 0) is 48.4 Å². The normalized spacial score (nSPS) is 11.8. The number of aryl methyl sites for hydroxylation is 1. The summed E-state index contributed by atoms with van der Waals surface area (Å²) >= 11 is 12.8. The molecule has 0 aliphatic carbocycles. The van der Waals surface area contributed by atoms with Gasteiger partial charge in [-0.25, -0.2) is 8.42 Å². The number of benzene rings is 4. The number of hydrogen-bond donors (Lipinski definition) is 1. The Balaban J connectivity index is 1.89. The number of anilines is 1. The number of halogens is 2. The van der Waals surface area contributed by atoms with Crippen LogP contribution in [-0.2, 0) is 32.6 Å². The molecule has 4 rings (SSSR count).